The summed E-state index contributed by atoms with van der Waals surface area (Å²) in [4.78, 5) is 13.1. The number of hydrogen-bond donors (Lipinski definition) is 1. The lowest BCUT2D eigenvalue weighted by molar-refractivity contribution is -0.116. The van der Waals surface area contributed by atoms with Crippen molar-refractivity contribution in [2.45, 2.75) is 39.1 Å². The van der Waals surface area contributed by atoms with Gasteiger partial charge in [-0.25, -0.2) is 8.42 Å². The molecule has 1 amide bonds. The topological polar surface area (TPSA) is 66.5 Å². The average Bonchev–Trinajstić information content (AvgIpc) is 2.71. The van der Waals surface area contributed by atoms with E-state index in [1.807, 2.05) is 70.2 Å². The molecule has 0 aliphatic heterocycles. The molecule has 0 atom stereocenters. The molecule has 0 radical (unpaired) electrons. The van der Waals surface area contributed by atoms with Crippen molar-refractivity contribution in [3.63, 3.8) is 0 Å². The van der Waals surface area contributed by atoms with E-state index in [0.717, 1.165) is 33.5 Å². The zero-order valence-electron chi connectivity index (χ0n) is 18.3. The third-order valence-electron chi connectivity index (χ3n) is 5.12. The summed E-state index contributed by atoms with van der Waals surface area (Å²) in [5.74, 6) is -0.373. The predicted octanol–water partition coefficient (Wildman–Crippen LogP) is 4.75. The number of rotatable bonds is 7. The molecule has 162 valence electrons. The Morgan fingerprint density at radius 2 is 1.42 bits per heavy atom. The molecule has 31 heavy (non-hydrogen) atoms. The Bertz CT molecular complexity index is 1150. The van der Waals surface area contributed by atoms with E-state index in [4.69, 9.17) is 0 Å². The van der Waals surface area contributed by atoms with E-state index in [1.54, 1.807) is 24.3 Å². The van der Waals surface area contributed by atoms with Crippen LogP contribution in [-0.2, 0) is 21.4 Å². The lowest BCUT2D eigenvalue weighted by atomic mass is 10.1. The van der Waals surface area contributed by atoms with Crippen LogP contribution < -0.4 is 5.32 Å². The van der Waals surface area contributed by atoms with Crippen LogP contribution in [0.15, 0.2) is 71.6 Å². The summed E-state index contributed by atoms with van der Waals surface area (Å²) in [6.07, 6.45) is 0. The first-order chi connectivity index (χ1) is 14.7. The first-order valence-corrected chi connectivity index (χ1v) is 11.6. The molecule has 0 spiro atoms. The van der Waals surface area contributed by atoms with Gasteiger partial charge in [-0.15, -0.1) is 0 Å². The lowest BCUT2D eigenvalue weighted by Crippen LogP contribution is -2.37. The molecule has 0 aromatic heterocycles. The number of nitrogens with one attached hydrogen (secondary N) is 1. The number of sulfonamides is 1. The van der Waals surface area contributed by atoms with E-state index >= 15 is 0 Å². The first-order valence-electron chi connectivity index (χ1n) is 10.2. The number of carbonyl (C=O) groups is 1. The molecule has 0 fully saturated rings. The summed E-state index contributed by atoms with van der Waals surface area (Å²) in [5, 5.41) is 2.91. The van der Waals surface area contributed by atoms with Crippen LogP contribution in [0.2, 0.25) is 0 Å². The van der Waals surface area contributed by atoms with Gasteiger partial charge in [0.2, 0.25) is 15.9 Å². The molecule has 6 heteroatoms. The van der Waals surface area contributed by atoms with Gasteiger partial charge in [0.05, 0.1) is 11.4 Å². The maximum atomic E-state index is 13.4. The molecule has 0 saturated heterocycles. The average molecular weight is 437 g/mol. The fourth-order valence-electron chi connectivity index (χ4n) is 3.59. The fourth-order valence-corrected chi connectivity index (χ4v) is 4.97. The number of anilines is 1. The zero-order valence-corrected chi connectivity index (χ0v) is 19.2. The molecule has 3 aromatic rings. The molecular weight excluding hydrogens is 408 g/mol. The molecule has 0 bridgehead atoms. The van der Waals surface area contributed by atoms with E-state index < -0.39 is 10.0 Å². The van der Waals surface area contributed by atoms with Crippen molar-refractivity contribution in [3.05, 3.63) is 94.5 Å². The molecule has 1 N–H and O–H groups in total. The van der Waals surface area contributed by atoms with Gasteiger partial charge in [0, 0.05) is 12.2 Å². The lowest BCUT2D eigenvalue weighted by Gasteiger charge is -2.23. The SMILES string of the molecule is Cc1ccc(S(=O)(=O)N(CC(=O)Nc2c(C)cc(C)cc2C)Cc2ccccc2)cc1. The van der Waals surface area contributed by atoms with Crippen LogP contribution in [0.25, 0.3) is 0 Å². The second-order valence-corrected chi connectivity index (χ2v) is 9.83. The Balaban J connectivity index is 1.89. The van der Waals surface area contributed by atoms with E-state index in [2.05, 4.69) is 5.32 Å². The van der Waals surface area contributed by atoms with Gasteiger partial charge in [0.1, 0.15) is 0 Å². The minimum Gasteiger partial charge on any atom is -0.324 e. The summed E-state index contributed by atoms with van der Waals surface area (Å²) < 4.78 is 27.9. The van der Waals surface area contributed by atoms with Gasteiger partial charge in [0.25, 0.3) is 0 Å². The van der Waals surface area contributed by atoms with Crippen molar-refractivity contribution >= 4 is 21.6 Å². The van der Waals surface area contributed by atoms with Crippen LogP contribution in [0.1, 0.15) is 27.8 Å². The zero-order chi connectivity index (χ0) is 22.6. The van der Waals surface area contributed by atoms with Crippen LogP contribution in [0.3, 0.4) is 0 Å². The molecule has 0 aliphatic carbocycles. The number of nitrogens with zero attached hydrogens (tertiary/aromatic N) is 1. The number of aryl methyl sites for hydroxylation is 4. The maximum Gasteiger partial charge on any atom is 0.243 e. The largest absolute Gasteiger partial charge is 0.324 e. The molecule has 0 aliphatic rings. The summed E-state index contributed by atoms with van der Waals surface area (Å²) in [6, 6.07) is 19.9. The quantitative estimate of drug-likeness (QED) is 0.581. The van der Waals surface area contributed by atoms with Crippen molar-refractivity contribution in [2.75, 3.05) is 11.9 Å². The smallest absolute Gasteiger partial charge is 0.243 e. The summed E-state index contributed by atoms with van der Waals surface area (Å²) in [6.45, 7) is 7.59. The molecule has 3 rings (SSSR count). The number of amides is 1. The minimum atomic E-state index is -3.86. The van der Waals surface area contributed by atoms with E-state index in [-0.39, 0.29) is 23.9 Å². The second kappa shape index (κ2) is 9.45. The van der Waals surface area contributed by atoms with E-state index in [0.29, 0.717) is 0 Å². The van der Waals surface area contributed by atoms with Crippen molar-refractivity contribution < 1.29 is 13.2 Å². The molecule has 3 aromatic carbocycles. The monoisotopic (exact) mass is 436 g/mol. The number of benzene rings is 3. The van der Waals surface area contributed by atoms with Crippen molar-refractivity contribution in [1.29, 1.82) is 0 Å². The van der Waals surface area contributed by atoms with Gasteiger partial charge < -0.3 is 5.32 Å². The summed E-state index contributed by atoms with van der Waals surface area (Å²) >= 11 is 0. The third kappa shape index (κ3) is 5.60. The van der Waals surface area contributed by atoms with Gasteiger partial charge in [-0.1, -0.05) is 65.7 Å². The van der Waals surface area contributed by atoms with Crippen LogP contribution in [0, 0.1) is 27.7 Å². The highest BCUT2D eigenvalue weighted by molar-refractivity contribution is 7.89. The van der Waals surface area contributed by atoms with Gasteiger partial charge in [-0.3, -0.25) is 4.79 Å². The summed E-state index contributed by atoms with van der Waals surface area (Å²) in [5.41, 5.74) is 5.51. The minimum absolute atomic E-state index is 0.107. The van der Waals surface area contributed by atoms with Crippen molar-refractivity contribution in [1.82, 2.24) is 4.31 Å². The number of hydrogen-bond acceptors (Lipinski definition) is 3. The number of carbonyl (C=O) groups excluding carboxylic acids is 1. The molecule has 0 unspecified atom stereocenters. The normalized spacial score (nSPS) is 11.5. The second-order valence-electron chi connectivity index (χ2n) is 7.89. The van der Waals surface area contributed by atoms with Crippen LogP contribution in [-0.4, -0.2) is 25.2 Å². The highest BCUT2D eigenvalue weighted by atomic mass is 32.2. The highest BCUT2D eigenvalue weighted by Crippen LogP contribution is 2.23. The molecule has 0 saturated carbocycles. The highest BCUT2D eigenvalue weighted by Gasteiger charge is 2.27. The first kappa shape index (κ1) is 22.7. The Morgan fingerprint density at radius 3 is 2.00 bits per heavy atom. The van der Waals surface area contributed by atoms with E-state index in [9.17, 15) is 13.2 Å². The Hall–Kier alpha value is -2.96. The standard InChI is InChI=1S/C25H28N2O3S/c1-18-10-12-23(13-11-18)31(29,30)27(16-22-8-6-5-7-9-22)17-24(28)26-25-20(3)14-19(2)15-21(25)4/h5-15H,16-17H2,1-4H3,(H,26,28). The van der Waals surface area contributed by atoms with Crippen LogP contribution in [0.4, 0.5) is 5.69 Å². The Kier molecular flexibility index (Phi) is 6.93. The third-order valence-corrected chi connectivity index (χ3v) is 6.93. The maximum absolute atomic E-state index is 13.4. The van der Waals surface area contributed by atoms with Gasteiger partial charge >= 0.3 is 0 Å². The molecule has 5 nitrogen and oxygen atoms in total. The van der Waals surface area contributed by atoms with Crippen molar-refractivity contribution in [3.8, 4) is 0 Å². The molecular formula is C25H28N2O3S. The van der Waals surface area contributed by atoms with Crippen LogP contribution in [0.5, 0.6) is 0 Å². The van der Waals surface area contributed by atoms with Crippen molar-refractivity contribution in [2.24, 2.45) is 0 Å². The van der Waals surface area contributed by atoms with E-state index in [1.165, 1.54) is 4.31 Å². The Morgan fingerprint density at radius 1 is 0.839 bits per heavy atom. The summed E-state index contributed by atoms with van der Waals surface area (Å²) in [7, 11) is -3.86. The van der Waals surface area contributed by atoms with Gasteiger partial charge in [-0.05, 0) is 56.5 Å². The predicted molar refractivity (Wildman–Crippen MR) is 124 cm³/mol. The molecule has 0 heterocycles. The van der Waals surface area contributed by atoms with Gasteiger partial charge in [-0.2, -0.15) is 4.31 Å². The van der Waals surface area contributed by atoms with Gasteiger partial charge in [0.15, 0.2) is 0 Å². The van der Waals surface area contributed by atoms with Crippen LogP contribution >= 0.6 is 0 Å². The fraction of sp³-hybridized carbons (Fsp3) is 0.240. The Labute approximate surface area is 184 Å².